The van der Waals surface area contributed by atoms with Gasteiger partial charge in [-0.1, -0.05) is 12.1 Å². The van der Waals surface area contributed by atoms with E-state index in [1.165, 1.54) is 0 Å². The van der Waals surface area contributed by atoms with Crippen molar-refractivity contribution in [1.82, 2.24) is 0 Å². The van der Waals surface area contributed by atoms with Gasteiger partial charge in [0.25, 0.3) is 0 Å². The first kappa shape index (κ1) is 11.8. The van der Waals surface area contributed by atoms with Crippen LogP contribution in [0.1, 0.15) is 5.56 Å². The van der Waals surface area contributed by atoms with Gasteiger partial charge in [-0.05, 0) is 12.1 Å². The van der Waals surface area contributed by atoms with Gasteiger partial charge in [0.2, 0.25) is 0 Å². The van der Waals surface area contributed by atoms with Gasteiger partial charge in [-0.15, -0.1) is 0 Å². The van der Waals surface area contributed by atoms with Crippen LogP contribution in [0.2, 0.25) is 0 Å². The number of allylic oxidation sites excluding steroid dienone is 2. The molecule has 0 unspecified atom stereocenters. The lowest BCUT2D eigenvalue weighted by Gasteiger charge is -2.05. The van der Waals surface area contributed by atoms with Crippen LogP contribution in [0, 0.1) is 45.3 Å². The van der Waals surface area contributed by atoms with Gasteiger partial charge in [0.05, 0.1) is 11.3 Å². The second-order valence-electron chi connectivity index (χ2n) is 2.87. The van der Waals surface area contributed by atoms with E-state index in [1.54, 1.807) is 42.5 Å². The van der Waals surface area contributed by atoms with Crippen molar-refractivity contribution < 1.29 is 0 Å². The molecule has 0 saturated heterocycles. The molecule has 0 spiro atoms. The van der Waals surface area contributed by atoms with E-state index in [0.29, 0.717) is 11.3 Å². The van der Waals surface area contributed by atoms with E-state index in [9.17, 15) is 0 Å². The molecule has 0 heterocycles. The number of hydrogen-bond acceptors (Lipinski definition) is 5. The van der Waals surface area contributed by atoms with Gasteiger partial charge < -0.3 is 5.32 Å². The Morgan fingerprint density at radius 2 is 1.59 bits per heavy atom. The van der Waals surface area contributed by atoms with Gasteiger partial charge in [-0.3, -0.25) is 0 Å². The third-order valence-electron chi connectivity index (χ3n) is 1.89. The molecule has 1 aromatic rings. The summed E-state index contributed by atoms with van der Waals surface area (Å²) >= 11 is 0. The molecule has 5 nitrogen and oxygen atoms in total. The molecule has 0 fully saturated rings. The number of nitrogens with zero attached hydrogens (tertiary/aromatic N) is 4. The number of rotatable bonds is 2. The first-order valence-electron chi connectivity index (χ1n) is 4.47. The predicted octanol–water partition coefficient (Wildman–Crippen LogP) is 1.80. The molecule has 78 valence electrons. The van der Waals surface area contributed by atoms with Gasteiger partial charge in [-0.2, -0.15) is 21.0 Å². The maximum atomic E-state index is 8.84. The van der Waals surface area contributed by atoms with Crippen LogP contribution < -0.4 is 5.32 Å². The van der Waals surface area contributed by atoms with Crippen LogP contribution in [0.25, 0.3) is 0 Å². The van der Waals surface area contributed by atoms with E-state index in [0.717, 1.165) is 0 Å². The highest BCUT2D eigenvalue weighted by Crippen LogP contribution is 2.16. The molecule has 1 N–H and O–H groups in total. The van der Waals surface area contributed by atoms with Gasteiger partial charge >= 0.3 is 0 Å². The molecule has 1 aromatic carbocycles. The molecular formula is C12H5N5. The first-order chi connectivity index (χ1) is 8.26. The summed E-state index contributed by atoms with van der Waals surface area (Å²) < 4.78 is 0. The topological polar surface area (TPSA) is 107 Å². The quantitative estimate of drug-likeness (QED) is 0.763. The van der Waals surface area contributed by atoms with Crippen molar-refractivity contribution in [2.24, 2.45) is 0 Å². The van der Waals surface area contributed by atoms with E-state index in [-0.39, 0.29) is 11.3 Å². The largest absolute Gasteiger partial charge is 0.344 e. The molecule has 0 aromatic heterocycles. The summed E-state index contributed by atoms with van der Waals surface area (Å²) in [5.41, 5.74) is 0.225. The zero-order valence-corrected chi connectivity index (χ0v) is 8.60. The normalized spacial score (nSPS) is 7.76. The number of nitriles is 4. The smallest absolute Gasteiger partial charge is 0.163 e. The lowest BCUT2D eigenvalue weighted by atomic mass is 10.1. The van der Waals surface area contributed by atoms with Crippen molar-refractivity contribution in [2.45, 2.75) is 0 Å². The fourth-order valence-corrected chi connectivity index (χ4v) is 1.11. The zero-order valence-electron chi connectivity index (χ0n) is 8.60. The summed E-state index contributed by atoms with van der Waals surface area (Å²) in [6, 6.07) is 13.4. The van der Waals surface area contributed by atoms with Crippen LogP contribution in [0.15, 0.2) is 35.5 Å². The fraction of sp³-hybridized carbons (Fsp3) is 0. The van der Waals surface area contributed by atoms with Crippen molar-refractivity contribution in [2.75, 3.05) is 5.32 Å². The summed E-state index contributed by atoms with van der Waals surface area (Å²) in [4.78, 5) is 0. The summed E-state index contributed by atoms with van der Waals surface area (Å²) in [6.45, 7) is 0. The fourth-order valence-electron chi connectivity index (χ4n) is 1.11. The monoisotopic (exact) mass is 219 g/mol. The molecule has 0 radical (unpaired) electrons. The standard InChI is InChI=1S/C12H5N5/c13-5-9-3-1-2-4-11(9)17-12(8-16)10(6-14)7-15/h1-4,17H. The second kappa shape index (κ2) is 5.56. The van der Waals surface area contributed by atoms with Crippen molar-refractivity contribution in [3.63, 3.8) is 0 Å². The number of hydrogen-bond donors (Lipinski definition) is 1. The molecule has 0 bridgehead atoms. The van der Waals surface area contributed by atoms with E-state index in [2.05, 4.69) is 5.32 Å². The Bertz CT molecular complexity index is 613. The average Bonchev–Trinajstić information content (AvgIpc) is 2.39. The first-order valence-corrected chi connectivity index (χ1v) is 4.47. The van der Waals surface area contributed by atoms with Crippen LogP contribution in [-0.4, -0.2) is 0 Å². The minimum atomic E-state index is -0.319. The Hall–Kier alpha value is -3.28. The maximum Gasteiger partial charge on any atom is 0.163 e. The molecule has 17 heavy (non-hydrogen) atoms. The Morgan fingerprint density at radius 3 is 2.12 bits per heavy atom. The highest BCUT2D eigenvalue weighted by Gasteiger charge is 2.08. The van der Waals surface area contributed by atoms with Crippen LogP contribution >= 0.6 is 0 Å². The second-order valence-corrected chi connectivity index (χ2v) is 2.87. The van der Waals surface area contributed by atoms with Gasteiger partial charge in [0.1, 0.15) is 30.0 Å². The molecule has 0 aliphatic heterocycles. The number of anilines is 1. The van der Waals surface area contributed by atoms with Crippen molar-refractivity contribution in [1.29, 1.82) is 21.0 Å². The minimum absolute atomic E-state index is 0.169. The summed E-state index contributed by atoms with van der Waals surface area (Å²) in [5, 5.41) is 37.6. The number of para-hydroxylation sites is 1. The SMILES string of the molecule is N#CC(C#N)=C(C#N)Nc1ccccc1C#N. The Kier molecular flexibility index (Phi) is 3.86. The average molecular weight is 219 g/mol. The van der Waals surface area contributed by atoms with E-state index in [4.69, 9.17) is 21.0 Å². The summed E-state index contributed by atoms with van der Waals surface area (Å²) in [7, 11) is 0. The van der Waals surface area contributed by atoms with Gasteiger partial charge in [0.15, 0.2) is 5.57 Å². The van der Waals surface area contributed by atoms with Crippen molar-refractivity contribution in [3.8, 4) is 24.3 Å². The molecule has 1 rings (SSSR count). The van der Waals surface area contributed by atoms with Gasteiger partial charge in [-0.25, -0.2) is 0 Å². The number of benzene rings is 1. The minimum Gasteiger partial charge on any atom is -0.344 e. The van der Waals surface area contributed by atoms with Crippen molar-refractivity contribution >= 4 is 5.69 Å². The van der Waals surface area contributed by atoms with Crippen LogP contribution in [0.5, 0.6) is 0 Å². The molecule has 0 amide bonds. The highest BCUT2D eigenvalue weighted by atomic mass is 14.9. The predicted molar refractivity (Wildman–Crippen MR) is 58.6 cm³/mol. The lowest BCUT2D eigenvalue weighted by Crippen LogP contribution is -2.02. The van der Waals surface area contributed by atoms with Crippen molar-refractivity contribution in [3.05, 3.63) is 41.1 Å². The highest BCUT2D eigenvalue weighted by molar-refractivity contribution is 5.64. The van der Waals surface area contributed by atoms with E-state index >= 15 is 0 Å². The molecule has 5 heteroatoms. The molecule has 0 aliphatic rings. The van der Waals surface area contributed by atoms with Crippen LogP contribution in [0.3, 0.4) is 0 Å². The van der Waals surface area contributed by atoms with E-state index < -0.39 is 0 Å². The Balaban J connectivity index is 3.21. The Labute approximate surface area is 98.1 Å². The summed E-state index contributed by atoms with van der Waals surface area (Å²) in [6.07, 6.45) is 0. The molecular weight excluding hydrogens is 214 g/mol. The molecule has 0 aliphatic carbocycles. The van der Waals surface area contributed by atoms with Gasteiger partial charge in [0, 0.05) is 0 Å². The maximum absolute atomic E-state index is 8.84. The third kappa shape index (κ3) is 2.60. The molecule has 0 atom stereocenters. The van der Waals surface area contributed by atoms with Crippen LogP contribution in [0.4, 0.5) is 5.69 Å². The summed E-state index contributed by atoms with van der Waals surface area (Å²) in [5.74, 6) is 0. The Morgan fingerprint density at radius 1 is 0.941 bits per heavy atom. The zero-order chi connectivity index (χ0) is 12.7. The number of nitrogens with one attached hydrogen (secondary N) is 1. The molecule has 0 saturated carbocycles. The van der Waals surface area contributed by atoms with Crippen LogP contribution in [-0.2, 0) is 0 Å². The van der Waals surface area contributed by atoms with E-state index in [1.807, 2.05) is 6.07 Å². The third-order valence-corrected chi connectivity index (χ3v) is 1.89. The lowest BCUT2D eigenvalue weighted by molar-refractivity contribution is 1.36.